The Hall–Kier alpha value is -0.900. The summed E-state index contributed by atoms with van der Waals surface area (Å²) in [5.74, 6) is 0. The maximum absolute atomic E-state index is 5.95. The number of nitrogens with zero attached hydrogens (tertiary/aromatic N) is 1. The molecule has 0 bridgehead atoms. The van der Waals surface area contributed by atoms with Crippen LogP contribution < -0.4 is 5.32 Å². The average molecular weight is 253 g/mol. The molecule has 0 atom stereocenters. The van der Waals surface area contributed by atoms with Gasteiger partial charge in [-0.3, -0.25) is 0 Å². The first-order valence-corrected chi connectivity index (χ1v) is 6.40. The number of aromatic nitrogens is 1. The minimum atomic E-state index is 0.751. The topological polar surface area (TPSA) is 24.9 Å². The molecule has 1 heterocycles. The Balaban J connectivity index is 2.18. The Kier molecular flexibility index (Phi) is 3.93. The van der Waals surface area contributed by atoms with Gasteiger partial charge in [0.15, 0.2) is 0 Å². The Labute approximate surface area is 104 Å². The Bertz CT molecular complexity index is 468. The molecule has 1 aromatic carbocycles. The molecule has 0 aliphatic heterocycles. The molecule has 16 heavy (non-hydrogen) atoms. The van der Waals surface area contributed by atoms with Crippen LogP contribution >= 0.6 is 22.9 Å². The quantitative estimate of drug-likeness (QED) is 0.900. The van der Waals surface area contributed by atoms with Crippen LogP contribution in [0.1, 0.15) is 11.8 Å². The highest BCUT2D eigenvalue weighted by atomic mass is 35.5. The monoisotopic (exact) mass is 252 g/mol. The lowest BCUT2D eigenvalue weighted by Crippen LogP contribution is -2.10. The molecule has 84 valence electrons. The normalized spacial score (nSPS) is 10.6. The van der Waals surface area contributed by atoms with Gasteiger partial charge in [0.05, 0.1) is 0 Å². The molecule has 0 spiro atoms. The van der Waals surface area contributed by atoms with Crippen molar-refractivity contribution in [3.8, 4) is 10.6 Å². The molecule has 0 saturated heterocycles. The van der Waals surface area contributed by atoms with Crippen LogP contribution in [0, 0.1) is 0 Å². The highest BCUT2D eigenvalue weighted by Gasteiger charge is 2.04. The van der Waals surface area contributed by atoms with Crippen LogP contribution in [0.3, 0.4) is 0 Å². The minimum absolute atomic E-state index is 0.751. The molecule has 0 aliphatic rings. The van der Waals surface area contributed by atoms with Crippen LogP contribution in [0.15, 0.2) is 30.5 Å². The second kappa shape index (κ2) is 5.43. The lowest BCUT2D eigenvalue weighted by molar-refractivity contribution is 0.734. The molecular formula is C12H13ClN2S. The van der Waals surface area contributed by atoms with E-state index >= 15 is 0 Å². The molecule has 2 nitrogen and oxygen atoms in total. The van der Waals surface area contributed by atoms with Gasteiger partial charge in [0.1, 0.15) is 5.01 Å². The minimum Gasteiger partial charge on any atom is -0.312 e. The maximum atomic E-state index is 5.95. The number of nitrogens with one attached hydrogen (secondary N) is 1. The smallest absolute Gasteiger partial charge is 0.123 e. The summed E-state index contributed by atoms with van der Waals surface area (Å²) in [6.45, 7) is 3.96. The van der Waals surface area contributed by atoms with Gasteiger partial charge in [-0.2, -0.15) is 0 Å². The highest BCUT2D eigenvalue weighted by molar-refractivity contribution is 7.15. The van der Waals surface area contributed by atoms with E-state index in [1.807, 2.05) is 30.5 Å². The van der Waals surface area contributed by atoms with E-state index in [9.17, 15) is 0 Å². The van der Waals surface area contributed by atoms with Crippen molar-refractivity contribution in [2.75, 3.05) is 6.54 Å². The Morgan fingerprint density at radius 3 is 3.06 bits per heavy atom. The molecule has 0 aliphatic carbocycles. The largest absolute Gasteiger partial charge is 0.312 e. The van der Waals surface area contributed by atoms with Gasteiger partial charge in [0, 0.05) is 28.2 Å². The van der Waals surface area contributed by atoms with Gasteiger partial charge >= 0.3 is 0 Å². The van der Waals surface area contributed by atoms with Crippen LogP contribution in [-0.2, 0) is 6.54 Å². The van der Waals surface area contributed by atoms with E-state index in [0.29, 0.717) is 0 Å². The highest BCUT2D eigenvalue weighted by Crippen LogP contribution is 2.26. The zero-order chi connectivity index (χ0) is 11.4. The van der Waals surface area contributed by atoms with Crippen LogP contribution in [0.5, 0.6) is 0 Å². The number of thiazole rings is 1. The zero-order valence-electron chi connectivity index (χ0n) is 9.03. The third kappa shape index (κ3) is 2.82. The van der Waals surface area contributed by atoms with Crippen LogP contribution in [0.2, 0.25) is 5.02 Å². The standard InChI is InChI=1S/C12H13ClN2S/c1-2-14-7-11-8-15-12(16-11)9-4-3-5-10(13)6-9/h3-6,8,14H,2,7H2,1H3. The first-order chi connectivity index (χ1) is 7.79. The van der Waals surface area contributed by atoms with E-state index in [1.54, 1.807) is 11.3 Å². The second-order valence-electron chi connectivity index (χ2n) is 3.42. The molecule has 0 fully saturated rings. The summed E-state index contributed by atoms with van der Waals surface area (Å²) in [5, 5.41) is 5.06. The fraction of sp³-hybridized carbons (Fsp3) is 0.250. The third-order valence-electron chi connectivity index (χ3n) is 2.17. The van der Waals surface area contributed by atoms with E-state index < -0.39 is 0 Å². The van der Waals surface area contributed by atoms with E-state index in [1.165, 1.54) is 4.88 Å². The van der Waals surface area contributed by atoms with Crippen molar-refractivity contribution in [3.05, 3.63) is 40.4 Å². The molecule has 2 aromatic rings. The number of benzene rings is 1. The van der Waals surface area contributed by atoms with Gasteiger partial charge in [0.25, 0.3) is 0 Å². The van der Waals surface area contributed by atoms with E-state index in [2.05, 4.69) is 17.2 Å². The van der Waals surface area contributed by atoms with Crippen molar-refractivity contribution < 1.29 is 0 Å². The summed E-state index contributed by atoms with van der Waals surface area (Å²) in [5.41, 5.74) is 1.08. The molecule has 0 saturated carbocycles. The zero-order valence-corrected chi connectivity index (χ0v) is 10.6. The summed E-state index contributed by atoms with van der Waals surface area (Å²) < 4.78 is 0. The maximum Gasteiger partial charge on any atom is 0.123 e. The van der Waals surface area contributed by atoms with Crippen molar-refractivity contribution in [1.29, 1.82) is 0 Å². The summed E-state index contributed by atoms with van der Waals surface area (Å²) in [4.78, 5) is 5.65. The van der Waals surface area contributed by atoms with E-state index in [4.69, 9.17) is 11.6 Å². The number of rotatable bonds is 4. The van der Waals surface area contributed by atoms with E-state index in [0.717, 1.165) is 28.7 Å². The van der Waals surface area contributed by atoms with Crippen LogP contribution in [0.25, 0.3) is 10.6 Å². The number of hydrogen-bond donors (Lipinski definition) is 1. The first-order valence-electron chi connectivity index (χ1n) is 5.21. The molecular weight excluding hydrogens is 240 g/mol. The summed E-state index contributed by atoms with van der Waals surface area (Å²) in [6, 6.07) is 7.79. The van der Waals surface area contributed by atoms with Crippen molar-refractivity contribution >= 4 is 22.9 Å². The molecule has 1 N–H and O–H groups in total. The lowest BCUT2D eigenvalue weighted by atomic mass is 10.2. The van der Waals surface area contributed by atoms with Gasteiger partial charge in [-0.25, -0.2) is 4.98 Å². The van der Waals surface area contributed by atoms with Gasteiger partial charge in [-0.05, 0) is 18.7 Å². The Morgan fingerprint density at radius 1 is 1.44 bits per heavy atom. The van der Waals surface area contributed by atoms with Crippen LogP contribution in [0.4, 0.5) is 0 Å². The predicted molar refractivity (Wildman–Crippen MR) is 69.9 cm³/mol. The van der Waals surface area contributed by atoms with Crippen molar-refractivity contribution in [2.45, 2.75) is 13.5 Å². The fourth-order valence-corrected chi connectivity index (χ4v) is 2.46. The van der Waals surface area contributed by atoms with Crippen molar-refractivity contribution in [3.63, 3.8) is 0 Å². The summed E-state index contributed by atoms with van der Waals surface area (Å²) in [7, 11) is 0. The van der Waals surface area contributed by atoms with Gasteiger partial charge in [0.2, 0.25) is 0 Å². The summed E-state index contributed by atoms with van der Waals surface area (Å²) >= 11 is 7.65. The molecule has 0 radical (unpaired) electrons. The fourth-order valence-electron chi connectivity index (χ4n) is 1.39. The third-order valence-corrected chi connectivity index (χ3v) is 3.46. The van der Waals surface area contributed by atoms with Gasteiger partial charge < -0.3 is 5.32 Å². The molecule has 4 heteroatoms. The Morgan fingerprint density at radius 2 is 2.31 bits per heavy atom. The molecule has 2 rings (SSSR count). The van der Waals surface area contributed by atoms with E-state index in [-0.39, 0.29) is 0 Å². The molecule has 1 aromatic heterocycles. The molecule has 0 amide bonds. The lowest BCUT2D eigenvalue weighted by Gasteiger charge is -1.97. The van der Waals surface area contributed by atoms with Gasteiger partial charge in [-0.15, -0.1) is 11.3 Å². The first kappa shape index (κ1) is 11.6. The number of halogens is 1. The van der Waals surface area contributed by atoms with Gasteiger partial charge in [-0.1, -0.05) is 30.7 Å². The SMILES string of the molecule is CCNCc1cnc(-c2cccc(Cl)c2)s1. The predicted octanol–water partition coefficient (Wildman–Crippen LogP) is 3.57. The molecule has 0 unspecified atom stereocenters. The van der Waals surface area contributed by atoms with Crippen molar-refractivity contribution in [1.82, 2.24) is 10.3 Å². The summed E-state index contributed by atoms with van der Waals surface area (Å²) in [6.07, 6.45) is 1.92. The second-order valence-corrected chi connectivity index (χ2v) is 4.97. The van der Waals surface area contributed by atoms with Crippen LogP contribution in [-0.4, -0.2) is 11.5 Å². The van der Waals surface area contributed by atoms with Crippen molar-refractivity contribution in [2.24, 2.45) is 0 Å². The average Bonchev–Trinajstić information content (AvgIpc) is 2.75. The number of hydrogen-bond acceptors (Lipinski definition) is 3.